The molecular weight excluding hydrogens is 358 g/mol. The molecule has 2 aromatic heterocycles. The first kappa shape index (κ1) is 18.1. The number of rotatable bonds is 4. The van der Waals surface area contributed by atoms with E-state index in [4.69, 9.17) is 4.74 Å². The number of benzene rings is 1. The van der Waals surface area contributed by atoms with Crippen LogP contribution in [-0.2, 0) is 16.1 Å². The topological polar surface area (TPSA) is 89.4 Å². The number of fused-ring (bicyclic) bond motifs is 1. The Morgan fingerprint density at radius 3 is 2.75 bits per heavy atom. The predicted molar refractivity (Wildman–Crippen MR) is 107 cm³/mol. The van der Waals surface area contributed by atoms with Gasteiger partial charge in [-0.2, -0.15) is 0 Å². The van der Waals surface area contributed by atoms with Crippen molar-refractivity contribution in [2.24, 2.45) is 0 Å². The number of hydrogen-bond donors (Lipinski definition) is 1. The van der Waals surface area contributed by atoms with Gasteiger partial charge in [-0.25, -0.2) is 9.97 Å². The first-order valence-electron chi connectivity index (χ1n) is 9.15. The molecule has 8 nitrogen and oxygen atoms in total. The van der Waals surface area contributed by atoms with Crippen LogP contribution in [0.2, 0.25) is 0 Å². The Kier molecular flexibility index (Phi) is 5.03. The van der Waals surface area contributed by atoms with Gasteiger partial charge in [-0.1, -0.05) is 12.1 Å². The van der Waals surface area contributed by atoms with Gasteiger partial charge in [-0.3, -0.25) is 14.2 Å². The molecule has 0 radical (unpaired) electrons. The Hall–Kier alpha value is -3.26. The number of aryl methyl sites for hydroxylation is 1. The third-order valence-corrected chi connectivity index (χ3v) is 4.76. The summed E-state index contributed by atoms with van der Waals surface area (Å²) in [5.74, 6) is 0.113. The van der Waals surface area contributed by atoms with Crippen molar-refractivity contribution in [2.75, 3.05) is 36.5 Å². The quantitative estimate of drug-likeness (QED) is 0.740. The Morgan fingerprint density at radius 1 is 1.18 bits per heavy atom. The van der Waals surface area contributed by atoms with Crippen LogP contribution in [0.25, 0.3) is 10.9 Å². The molecule has 0 spiro atoms. The van der Waals surface area contributed by atoms with Crippen LogP contribution in [0.4, 0.5) is 11.5 Å². The second-order valence-electron chi connectivity index (χ2n) is 6.70. The van der Waals surface area contributed by atoms with E-state index in [0.29, 0.717) is 29.9 Å². The largest absolute Gasteiger partial charge is 0.378 e. The van der Waals surface area contributed by atoms with Crippen LogP contribution < -0.4 is 15.8 Å². The Morgan fingerprint density at radius 2 is 2.00 bits per heavy atom. The molecule has 1 aromatic carbocycles. The molecule has 0 unspecified atom stereocenters. The second-order valence-corrected chi connectivity index (χ2v) is 6.70. The number of nitrogens with one attached hydrogen (secondary N) is 1. The van der Waals surface area contributed by atoms with Crippen molar-refractivity contribution in [1.82, 2.24) is 14.5 Å². The van der Waals surface area contributed by atoms with Crippen molar-refractivity contribution in [3.63, 3.8) is 0 Å². The molecule has 4 rings (SSSR count). The number of pyridine rings is 1. The molecule has 28 heavy (non-hydrogen) atoms. The van der Waals surface area contributed by atoms with Gasteiger partial charge in [0.15, 0.2) is 0 Å². The van der Waals surface area contributed by atoms with Crippen molar-refractivity contribution in [3.8, 4) is 0 Å². The highest BCUT2D eigenvalue weighted by molar-refractivity contribution is 5.90. The third kappa shape index (κ3) is 3.72. The molecule has 3 heterocycles. The molecule has 1 amide bonds. The fourth-order valence-electron chi connectivity index (χ4n) is 3.26. The lowest BCUT2D eigenvalue weighted by Gasteiger charge is -2.28. The third-order valence-electron chi connectivity index (χ3n) is 4.76. The molecule has 8 heteroatoms. The van der Waals surface area contributed by atoms with Gasteiger partial charge in [0, 0.05) is 13.1 Å². The van der Waals surface area contributed by atoms with E-state index >= 15 is 0 Å². The number of para-hydroxylation sites is 1. The van der Waals surface area contributed by atoms with Crippen LogP contribution in [0.1, 0.15) is 5.56 Å². The summed E-state index contributed by atoms with van der Waals surface area (Å²) in [7, 11) is 0. The number of anilines is 2. The van der Waals surface area contributed by atoms with Crippen LogP contribution in [0, 0.1) is 6.92 Å². The van der Waals surface area contributed by atoms with Gasteiger partial charge in [-0.05, 0) is 30.7 Å². The van der Waals surface area contributed by atoms with Gasteiger partial charge in [0.05, 0.1) is 42.3 Å². The van der Waals surface area contributed by atoms with E-state index in [1.165, 1.54) is 10.9 Å². The van der Waals surface area contributed by atoms with E-state index in [1.807, 2.05) is 25.1 Å². The number of nitrogens with zero attached hydrogens (tertiary/aromatic N) is 4. The SMILES string of the molecule is Cc1cccc2c(=O)n(CC(=O)Nc3ccc(N4CCOCC4)cn3)cnc12. The predicted octanol–water partition coefficient (Wildman–Crippen LogP) is 1.58. The molecule has 1 fully saturated rings. The van der Waals surface area contributed by atoms with E-state index < -0.39 is 0 Å². The smallest absolute Gasteiger partial charge is 0.261 e. The highest BCUT2D eigenvalue weighted by Crippen LogP contribution is 2.16. The molecular formula is C20H21N5O3. The summed E-state index contributed by atoms with van der Waals surface area (Å²) in [6.45, 7) is 4.83. The van der Waals surface area contributed by atoms with E-state index in [1.54, 1.807) is 18.3 Å². The molecule has 1 N–H and O–H groups in total. The zero-order valence-electron chi connectivity index (χ0n) is 15.6. The number of amides is 1. The zero-order chi connectivity index (χ0) is 19.5. The van der Waals surface area contributed by atoms with Gasteiger partial charge in [0.1, 0.15) is 12.4 Å². The molecule has 144 valence electrons. The van der Waals surface area contributed by atoms with E-state index in [2.05, 4.69) is 20.2 Å². The minimum atomic E-state index is -0.331. The first-order valence-corrected chi connectivity index (χ1v) is 9.15. The van der Waals surface area contributed by atoms with Crippen molar-refractivity contribution in [2.45, 2.75) is 13.5 Å². The normalized spacial score (nSPS) is 14.2. The molecule has 3 aromatic rings. The maximum absolute atomic E-state index is 12.6. The van der Waals surface area contributed by atoms with Crippen molar-refractivity contribution >= 4 is 28.3 Å². The molecule has 1 saturated heterocycles. The fourth-order valence-corrected chi connectivity index (χ4v) is 3.26. The monoisotopic (exact) mass is 379 g/mol. The summed E-state index contributed by atoms with van der Waals surface area (Å²) < 4.78 is 6.65. The summed E-state index contributed by atoms with van der Waals surface area (Å²) in [6.07, 6.45) is 3.14. The van der Waals surface area contributed by atoms with Crippen molar-refractivity contribution in [1.29, 1.82) is 0 Å². The van der Waals surface area contributed by atoms with Gasteiger partial charge < -0.3 is 15.0 Å². The van der Waals surface area contributed by atoms with Gasteiger partial charge in [-0.15, -0.1) is 0 Å². The highest BCUT2D eigenvalue weighted by atomic mass is 16.5. The second kappa shape index (κ2) is 7.77. The minimum Gasteiger partial charge on any atom is -0.378 e. The summed E-state index contributed by atoms with van der Waals surface area (Å²) in [4.78, 5) is 35.8. The summed E-state index contributed by atoms with van der Waals surface area (Å²) in [6, 6.07) is 9.11. The molecule has 0 aliphatic carbocycles. The molecule has 1 aliphatic heterocycles. The van der Waals surface area contributed by atoms with E-state index in [9.17, 15) is 9.59 Å². The highest BCUT2D eigenvalue weighted by Gasteiger charge is 2.13. The van der Waals surface area contributed by atoms with Crippen LogP contribution in [0.15, 0.2) is 47.7 Å². The maximum atomic E-state index is 12.6. The molecule has 1 aliphatic rings. The Bertz CT molecular complexity index is 1060. The molecule has 0 atom stereocenters. The lowest BCUT2D eigenvalue weighted by Crippen LogP contribution is -2.36. The molecule has 0 bridgehead atoms. The maximum Gasteiger partial charge on any atom is 0.261 e. The van der Waals surface area contributed by atoms with Crippen LogP contribution in [0.3, 0.4) is 0 Å². The zero-order valence-corrected chi connectivity index (χ0v) is 15.6. The van der Waals surface area contributed by atoms with Crippen LogP contribution in [-0.4, -0.2) is 46.7 Å². The van der Waals surface area contributed by atoms with Crippen LogP contribution in [0.5, 0.6) is 0 Å². The van der Waals surface area contributed by atoms with Crippen molar-refractivity contribution < 1.29 is 9.53 Å². The first-order chi connectivity index (χ1) is 13.6. The number of carbonyl (C=O) groups excluding carboxylic acids is 1. The number of carbonyl (C=O) groups is 1. The van der Waals surface area contributed by atoms with Crippen LogP contribution >= 0.6 is 0 Å². The van der Waals surface area contributed by atoms with Gasteiger partial charge in [0.2, 0.25) is 5.91 Å². The minimum absolute atomic E-state index is 0.122. The van der Waals surface area contributed by atoms with Crippen molar-refractivity contribution in [3.05, 3.63) is 58.8 Å². The number of morpholine rings is 1. The Labute approximate surface area is 161 Å². The van der Waals surface area contributed by atoms with Gasteiger partial charge >= 0.3 is 0 Å². The Balaban J connectivity index is 1.45. The van der Waals surface area contributed by atoms with E-state index in [0.717, 1.165) is 24.3 Å². The van der Waals surface area contributed by atoms with Gasteiger partial charge in [0.25, 0.3) is 5.56 Å². The average Bonchev–Trinajstić information content (AvgIpc) is 2.72. The van der Waals surface area contributed by atoms with E-state index in [-0.39, 0.29) is 18.0 Å². The number of ether oxygens (including phenoxy) is 1. The summed E-state index contributed by atoms with van der Waals surface area (Å²) >= 11 is 0. The standard InChI is InChI=1S/C20H21N5O3/c1-14-3-2-4-16-19(14)22-13-25(20(16)27)12-18(26)23-17-6-5-15(11-21-17)24-7-9-28-10-8-24/h2-6,11,13H,7-10,12H2,1H3,(H,21,23,26). The lowest BCUT2D eigenvalue weighted by molar-refractivity contribution is -0.116. The summed E-state index contributed by atoms with van der Waals surface area (Å²) in [5.41, 5.74) is 2.34. The molecule has 0 saturated carbocycles. The lowest BCUT2D eigenvalue weighted by atomic mass is 10.1. The average molecular weight is 379 g/mol. The number of hydrogen-bond acceptors (Lipinski definition) is 6. The fraction of sp³-hybridized carbons (Fsp3) is 0.300. The summed E-state index contributed by atoms with van der Waals surface area (Å²) in [5, 5.41) is 3.23. The number of aromatic nitrogens is 3.